The van der Waals surface area contributed by atoms with E-state index in [0.29, 0.717) is 25.2 Å². The molecule has 0 aliphatic carbocycles. The van der Waals surface area contributed by atoms with Crippen LogP contribution in [0.5, 0.6) is 11.5 Å². The molecule has 0 spiro atoms. The van der Waals surface area contributed by atoms with Gasteiger partial charge in [-0.2, -0.15) is 0 Å². The number of carbonyl (C=O) groups is 2. The average molecular weight is 413 g/mol. The smallest absolute Gasteiger partial charge is 0.343 e. The van der Waals surface area contributed by atoms with Crippen LogP contribution in [0.25, 0.3) is 0 Å². The molecule has 0 N–H and O–H groups in total. The zero-order valence-electron chi connectivity index (χ0n) is 17.5. The molecule has 0 unspecified atom stereocenters. The van der Waals surface area contributed by atoms with Crippen LogP contribution in [0.1, 0.15) is 38.3 Å². The zero-order chi connectivity index (χ0) is 21.0. The first-order chi connectivity index (χ1) is 13.7. The lowest BCUT2D eigenvalue weighted by Crippen LogP contribution is -2.23. The van der Waals surface area contributed by atoms with Crippen molar-refractivity contribution in [2.45, 2.75) is 45.5 Å². The first-order valence-electron chi connectivity index (χ1n) is 9.99. The maximum absolute atomic E-state index is 12.8. The molecule has 5 nitrogen and oxygen atoms in total. The van der Waals surface area contributed by atoms with Crippen LogP contribution in [0.4, 0.5) is 0 Å². The van der Waals surface area contributed by atoms with Crippen LogP contribution in [0.2, 0.25) is 25.7 Å². The van der Waals surface area contributed by atoms with Crippen LogP contribution >= 0.6 is 0 Å². The molecule has 154 valence electrons. The highest BCUT2D eigenvalue weighted by molar-refractivity contribution is 6.76. The topological polar surface area (TPSA) is 61.8 Å². The van der Waals surface area contributed by atoms with Crippen LogP contribution in [0.15, 0.2) is 36.4 Å². The molecule has 0 fully saturated rings. The first kappa shape index (κ1) is 21.1. The SMILES string of the molecule is Cc1ccc2c(c1)CCCOc1c(cccc1C(=O)OCC[Si](C)(C)C)OC2=O. The van der Waals surface area contributed by atoms with E-state index in [-0.39, 0.29) is 17.1 Å². The van der Waals surface area contributed by atoms with Crippen LogP contribution < -0.4 is 9.47 Å². The summed E-state index contributed by atoms with van der Waals surface area (Å²) in [6.07, 6.45) is 1.42. The molecule has 0 radical (unpaired) electrons. The van der Waals surface area contributed by atoms with Crippen molar-refractivity contribution in [1.29, 1.82) is 0 Å². The Bertz CT molecular complexity index is 914. The van der Waals surface area contributed by atoms with Crippen molar-refractivity contribution in [2.75, 3.05) is 13.2 Å². The predicted octanol–water partition coefficient (Wildman–Crippen LogP) is 5.03. The highest BCUT2D eigenvalue weighted by Gasteiger charge is 2.24. The minimum Gasteiger partial charge on any atom is -0.489 e. The molecule has 0 saturated heterocycles. The van der Waals surface area contributed by atoms with Crippen molar-refractivity contribution in [1.82, 2.24) is 0 Å². The molecule has 0 saturated carbocycles. The number of carbonyl (C=O) groups excluding carboxylic acids is 2. The molecule has 6 heteroatoms. The third-order valence-corrected chi connectivity index (χ3v) is 6.51. The molecule has 29 heavy (non-hydrogen) atoms. The van der Waals surface area contributed by atoms with Gasteiger partial charge in [0.2, 0.25) is 0 Å². The lowest BCUT2D eigenvalue weighted by Gasteiger charge is -2.19. The number of benzene rings is 2. The zero-order valence-corrected chi connectivity index (χ0v) is 18.5. The Morgan fingerprint density at radius 3 is 2.72 bits per heavy atom. The number of para-hydroxylation sites is 1. The van der Waals surface area contributed by atoms with Gasteiger partial charge in [0.25, 0.3) is 0 Å². The Balaban J connectivity index is 1.86. The van der Waals surface area contributed by atoms with Crippen molar-refractivity contribution >= 4 is 20.0 Å². The van der Waals surface area contributed by atoms with Crippen molar-refractivity contribution in [3.05, 3.63) is 58.7 Å². The summed E-state index contributed by atoms with van der Waals surface area (Å²) in [6, 6.07) is 11.5. The summed E-state index contributed by atoms with van der Waals surface area (Å²) in [4.78, 5) is 25.4. The van der Waals surface area contributed by atoms with Crippen LogP contribution in [-0.4, -0.2) is 33.2 Å². The number of hydrogen-bond donors (Lipinski definition) is 0. The summed E-state index contributed by atoms with van der Waals surface area (Å²) >= 11 is 0. The molecule has 1 aliphatic heterocycles. The Hall–Kier alpha value is -2.60. The molecule has 2 aromatic carbocycles. The number of hydrogen-bond acceptors (Lipinski definition) is 5. The summed E-state index contributed by atoms with van der Waals surface area (Å²) in [5, 5.41) is 0. The number of ether oxygens (including phenoxy) is 3. The lowest BCUT2D eigenvalue weighted by molar-refractivity contribution is 0.0516. The monoisotopic (exact) mass is 412 g/mol. The Labute approximate surface area is 173 Å². The second-order valence-corrected chi connectivity index (χ2v) is 14.2. The number of esters is 2. The van der Waals surface area contributed by atoms with Crippen molar-refractivity contribution in [3.8, 4) is 11.5 Å². The maximum Gasteiger partial charge on any atom is 0.343 e. The summed E-state index contributed by atoms with van der Waals surface area (Å²) < 4.78 is 17.0. The minimum atomic E-state index is -1.31. The highest BCUT2D eigenvalue weighted by Crippen LogP contribution is 2.34. The largest absolute Gasteiger partial charge is 0.489 e. The van der Waals surface area contributed by atoms with Crippen LogP contribution in [-0.2, 0) is 11.2 Å². The third-order valence-electron chi connectivity index (χ3n) is 4.80. The lowest BCUT2D eigenvalue weighted by atomic mass is 10.0. The van der Waals surface area contributed by atoms with Gasteiger partial charge in [-0.15, -0.1) is 0 Å². The van der Waals surface area contributed by atoms with Gasteiger partial charge < -0.3 is 14.2 Å². The van der Waals surface area contributed by atoms with E-state index < -0.39 is 20.0 Å². The van der Waals surface area contributed by atoms with E-state index in [9.17, 15) is 9.59 Å². The Morgan fingerprint density at radius 1 is 1.17 bits per heavy atom. The maximum atomic E-state index is 12.8. The van der Waals surface area contributed by atoms with Crippen molar-refractivity contribution in [2.24, 2.45) is 0 Å². The van der Waals surface area contributed by atoms with Gasteiger partial charge in [0.15, 0.2) is 11.5 Å². The van der Waals surface area contributed by atoms with Gasteiger partial charge in [0.1, 0.15) is 5.56 Å². The molecule has 3 rings (SSSR count). The Morgan fingerprint density at radius 2 is 1.97 bits per heavy atom. The highest BCUT2D eigenvalue weighted by atomic mass is 28.3. The van der Waals surface area contributed by atoms with Gasteiger partial charge in [-0.3, -0.25) is 0 Å². The van der Waals surface area contributed by atoms with E-state index in [1.807, 2.05) is 19.1 Å². The molecular weight excluding hydrogens is 384 g/mol. The molecule has 2 aromatic rings. The van der Waals surface area contributed by atoms with E-state index in [4.69, 9.17) is 14.2 Å². The predicted molar refractivity (Wildman–Crippen MR) is 115 cm³/mol. The number of rotatable bonds is 4. The van der Waals surface area contributed by atoms with Gasteiger partial charge in [0.05, 0.1) is 18.8 Å². The summed E-state index contributed by atoms with van der Waals surface area (Å²) in [5.41, 5.74) is 2.88. The van der Waals surface area contributed by atoms with Crippen LogP contribution in [0.3, 0.4) is 0 Å². The third kappa shape index (κ3) is 5.47. The Kier molecular flexibility index (Phi) is 6.42. The molecular formula is C23H28O5Si. The van der Waals surface area contributed by atoms with Gasteiger partial charge in [-0.05, 0) is 49.6 Å². The molecule has 0 aromatic heterocycles. The summed E-state index contributed by atoms with van der Waals surface area (Å²) in [7, 11) is -1.31. The normalized spacial score (nSPS) is 14.1. The first-order valence-corrected chi connectivity index (χ1v) is 13.7. The molecule has 0 bridgehead atoms. The quantitative estimate of drug-likeness (QED) is 0.400. The number of aryl methyl sites for hydroxylation is 2. The van der Waals surface area contributed by atoms with Gasteiger partial charge in [0, 0.05) is 8.07 Å². The second kappa shape index (κ2) is 8.82. The fourth-order valence-electron chi connectivity index (χ4n) is 3.15. The molecule has 0 amide bonds. The fraction of sp³-hybridized carbons (Fsp3) is 0.391. The summed E-state index contributed by atoms with van der Waals surface area (Å²) in [6.45, 7) is 9.48. The van der Waals surface area contributed by atoms with E-state index in [0.717, 1.165) is 23.6 Å². The van der Waals surface area contributed by atoms with Crippen molar-refractivity contribution in [3.63, 3.8) is 0 Å². The fourth-order valence-corrected chi connectivity index (χ4v) is 3.87. The molecule has 1 heterocycles. The van der Waals surface area contributed by atoms with Gasteiger partial charge in [-0.1, -0.05) is 43.4 Å². The summed E-state index contributed by atoms with van der Waals surface area (Å²) in [5.74, 6) is -0.391. The second-order valence-electron chi connectivity index (χ2n) is 8.58. The van der Waals surface area contributed by atoms with E-state index in [1.54, 1.807) is 24.3 Å². The van der Waals surface area contributed by atoms with Crippen molar-refractivity contribution < 1.29 is 23.8 Å². The number of fused-ring (bicyclic) bond motifs is 2. The standard InChI is InChI=1S/C23H28O5Si/c1-16-10-11-18-17(15-16)7-6-12-26-21-19(8-5-9-20(21)28-23(18)25)22(24)27-13-14-29(2,3)4/h5,8-11,15H,6-7,12-14H2,1-4H3. The molecule has 0 atom stereocenters. The van der Waals surface area contributed by atoms with E-state index >= 15 is 0 Å². The average Bonchev–Trinajstić information content (AvgIpc) is 2.64. The molecule has 1 aliphatic rings. The minimum absolute atomic E-state index is 0.239. The van der Waals surface area contributed by atoms with Gasteiger partial charge in [-0.25, -0.2) is 9.59 Å². The van der Waals surface area contributed by atoms with E-state index in [2.05, 4.69) is 19.6 Å². The van der Waals surface area contributed by atoms with Crippen LogP contribution in [0, 0.1) is 6.92 Å². The van der Waals surface area contributed by atoms with E-state index in [1.165, 1.54) is 0 Å². The van der Waals surface area contributed by atoms with Gasteiger partial charge >= 0.3 is 11.9 Å².